The molecule has 0 radical (unpaired) electrons. The minimum Gasteiger partial charge on any atom is -0.489 e. The van der Waals surface area contributed by atoms with E-state index in [1.54, 1.807) is 0 Å². The van der Waals surface area contributed by atoms with Crippen molar-refractivity contribution in [2.75, 3.05) is 26.2 Å². The van der Waals surface area contributed by atoms with Gasteiger partial charge in [-0.25, -0.2) is 0 Å². The number of aryl methyl sites for hydroxylation is 1. The summed E-state index contributed by atoms with van der Waals surface area (Å²) in [6, 6.07) is 18.4. The van der Waals surface area contributed by atoms with Crippen molar-refractivity contribution in [3.8, 4) is 5.75 Å². The van der Waals surface area contributed by atoms with E-state index in [-0.39, 0.29) is 12.7 Å². The first-order valence-corrected chi connectivity index (χ1v) is 9.98. The summed E-state index contributed by atoms with van der Waals surface area (Å²) in [4.78, 5) is 2.16. The van der Waals surface area contributed by atoms with Crippen LogP contribution in [0.2, 0.25) is 0 Å². The van der Waals surface area contributed by atoms with Gasteiger partial charge in [-0.1, -0.05) is 55.8 Å². The number of rotatable bonds is 13. The lowest BCUT2D eigenvalue weighted by atomic mass is 10.1. The minimum atomic E-state index is -0.301. The summed E-state index contributed by atoms with van der Waals surface area (Å²) in [5.74, 6) is 0.885. The normalized spacial score (nSPS) is 12.3. The molecule has 0 saturated heterocycles. The number of benzene rings is 2. The molecule has 2 aromatic carbocycles. The first-order valence-electron chi connectivity index (χ1n) is 9.98. The Labute approximate surface area is 163 Å². The number of aliphatic hydroxyl groups excluding tert-OH is 2. The highest BCUT2D eigenvalue weighted by atomic mass is 16.5. The van der Waals surface area contributed by atoms with Crippen molar-refractivity contribution < 1.29 is 14.9 Å². The molecule has 2 rings (SSSR count). The summed E-state index contributed by atoms with van der Waals surface area (Å²) in [6.45, 7) is 4.94. The number of hydrogen-bond donors (Lipinski definition) is 2. The van der Waals surface area contributed by atoms with Gasteiger partial charge in [0, 0.05) is 13.1 Å². The van der Waals surface area contributed by atoms with Crippen molar-refractivity contribution in [1.82, 2.24) is 4.90 Å². The van der Waals surface area contributed by atoms with E-state index in [0.717, 1.165) is 43.5 Å². The maximum absolute atomic E-state index is 9.99. The zero-order chi connectivity index (χ0) is 19.3. The quantitative estimate of drug-likeness (QED) is 0.564. The molecule has 148 valence electrons. The lowest BCUT2D eigenvalue weighted by molar-refractivity contribution is 0.0925. The molecular formula is C23H33NO3. The minimum absolute atomic E-state index is 0.134. The summed E-state index contributed by atoms with van der Waals surface area (Å²) in [5.41, 5.74) is 2.46. The number of aliphatic hydroxyl groups is 2. The second-order valence-corrected chi connectivity index (χ2v) is 6.99. The van der Waals surface area contributed by atoms with Crippen LogP contribution in [-0.2, 0) is 13.0 Å². The number of para-hydroxylation sites is 1. The maximum atomic E-state index is 9.99. The molecule has 0 amide bonds. The zero-order valence-corrected chi connectivity index (χ0v) is 16.4. The molecule has 0 spiro atoms. The van der Waals surface area contributed by atoms with Gasteiger partial charge in [0.1, 0.15) is 12.4 Å². The molecule has 1 atom stereocenters. The molecule has 0 aromatic heterocycles. The third-order valence-electron chi connectivity index (χ3n) is 4.62. The summed E-state index contributed by atoms with van der Waals surface area (Å²) in [6.07, 6.45) is 3.50. The van der Waals surface area contributed by atoms with E-state index in [0.29, 0.717) is 19.7 Å². The highest BCUT2D eigenvalue weighted by Gasteiger charge is 2.10. The molecular weight excluding hydrogens is 338 g/mol. The van der Waals surface area contributed by atoms with Crippen LogP contribution in [0.25, 0.3) is 0 Å². The van der Waals surface area contributed by atoms with Gasteiger partial charge in [-0.15, -0.1) is 0 Å². The van der Waals surface area contributed by atoms with Crippen LogP contribution in [-0.4, -0.2) is 47.5 Å². The van der Waals surface area contributed by atoms with Gasteiger partial charge in [-0.3, -0.25) is 4.90 Å². The molecule has 0 aliphatic heterocycles. The molecule has 0 saturated carbocycles. The van der Waals surface area contributed by atoms with Gasteiger partial charge in [0.05, 0.1) is 12.7 Å². The molecule has 2 aromatic rings. The van der Waals surface area contributed by atoms with Crippen molar-refractivity contribution in [2.45, 2.75) is 45.3 Å². The van der Waals surface area contributed by atoms with Gasteiger partial charge < -0.3 is 14.9 Å². The van der Waals surface area contributed by atoms with Crippen molar-refractivity contribution in [2.24, 2.45) is 0 Å². The Morgan fingerprint density at radius 2 is 1.67 bits per heavy atom. The third kappa shape index (κ3) is 8.57. The predicted molar refractivity (Wildman–Crippen MR) is 110 cm³/mol. The number of hydrogen-bond acceptors (Lipinski definition) is 4. The lowest BCUT2D eigenvalue weighted by Gasteiger charge is -2.24. The molecule has 0 aliphatic rings. The van der Waals surface area contributed by atoms with E-state index < -0.39 is 0 Å². The van der Waals surface area contributed by atoms with Crippen molar-refractivity contribution in [1.29, 1.82) is 0 Å². The van der Waals surface area contributed by atoms with Crippen molar-refractivity contribution in [3.05, 3.63) is 65.7 Å². The fraction of sp³-hybridized carbons (Fsp3) is 0.478. The van der Waals surface area contributed by atoms with Crippen LogP contribution in [0.3, 0.4) is 0 Å². The molecule has 0 heterocycles. The predicted octanol–water partition coefficient (Wildman–Crippen LogP) is 3.65. The molecule has 0 unspecified atom stereocenters. The SMILES string of the molecule is CCC[C@@H](O)CN(CCO)CCCc1ccc(COc2ccccc2)cc1. The zero-order valence-electron chi connectivity index (χ0n) is 16.4. The Hall–Kier alpha value is -1.88. The van der Waals surface area contributed by atoms with E-state index in [1.165, 1.54) is 5.56 Å². The van der Waals surface area contributed by atoms with Gasteiger partial charge in [0.2, 0.25) is 0 Å². The lowest BCUT2D eigenvalue weighted by Crippen LogP contribution is -2.35. The Balaban J connectivity index is 1.73. The van der Waals surface area contributed by atoms with E-state index in [4.69, 9.17) is 4.74 Å². The topological polar surface area (TPSA) is 52.9 Å². The number of ether oxygens (including phenoxy) is 1. The third-order valence-corrected chi connectivity index (χ3v) is 4.62. The van der Waals surface area contributed by atoms with Gasteiger partial charge in [-0.05, 0) is 49.1 Å². The molecule has 2 N–H and O–H groups in total. The monoisotopic (exact) mass is 371 g/mol. The van der Waals surface area contributed by atoms with Gasteiger partial charge in [0.25, 0.3) is 0 Å². The fourth-order valence-corrected chi connectivity index (χ4v) is 3.15. The van der Waals surface area contributed by atoms with Gasteiger partial charge in [0.15, 0.2) is 0 Å². The summed E-state index contributed by atoms with van der Waals surface area (Å²) in [7, 11) is 0. The summed E-state index contributed by atoms with van der Waals surface area (Å²) in [5, 5.41) is 19.2. The molecule has 27 heavy (non-hydrogen) atoms. The highest BCUT2D eigenvalue weighted by Crippen LogP contribution is 2.13. The Morgan fingerprint density at radius 3 is 2.33 bits per heavy atom. The van der Waals surface area contributed by atoms with Gasteiger partial charge in [-0.2, -0.15) is 0 Å². The van der Waals surface area contributed by atoms with Crippen LogP contribution in [0, 0.1) is 0 Å². The largest absolute Gasteiger partial charge is 0.489 e. The molecule has 4 nitrogen and oxygen atoms in total. The molecule has 0 fully saturated rings. The molecule has 0 aliphatic carbocycles. The van der Waals surface area contributed by atoms with E-state index >= 15 is 0 Å². The standard InChI is InChI=1S/C23H33NO3/c1-2-7-22(26)18-24(16-17-25)15-6-8-20-11-13-21(14-12-20)19-27-23-9-4-3-5-10-23/h3-5,9-14,22,25-26H,2,6-8,15-19H2,1H3/t22-/m1/s1. The average Bonchev–Trinajstić information content (AvgIpc) is 2.68. The van der Waals surface area contributed by atoms with E-state index in [1.807, 2.05) is 30.3 Å². The Bertz CT molecular complexity index is 615. The first kappa shape index (κ1) is 21.4. The summed E-state index contributed by atoms with van der Waals surface area (Å²) < 4.78 is 5.77. The van der Waals surface area contributed by atoms with Gasteiger partial charge >= 0.3 is 0 Å². The molecule has 4 heteroatoms. The second kappa shape index (κ2) is 12.5. The van der Waals surface area contributed by atoms with Crippen LogP contribution >= 0.6 is 0 Å². The molecule has 0 bridgehead atoms. The maximum Gasteiger partial charge on any atom is 0.119 e. The fourth-order valence-electron chi connectivity index (χ4n) is 3.15. The smallest absolute Gasteiger partial charge is 0.119 e. The van der Waals surface area contributed by atoms with E-state index in [9.17, 15) is 10.2 Å². The highest BCUT2D eigenvalue weighted by molar-refractivity contribution is 5.24. The van der Waals surface area contributed by atoms with Crippen LogP contribution in [0.1, 0.15) is 37.3 Å². The van der Waals surface area contributed by atoms with Crippen LogP contribution in [0.15, 0.2) is 54.6 Å². The van der Waals surface area contributed by atoms with Crippen LogP contribution < -0.4 is 4.74 Å². The van der Waals surface area contributed by atoms with Crippen molar-refractivity contribution in [3.63, 3.8) is 0 Å². The first-order chi connectivity index (χ1) is 13.2. The second-order valence-electron chi connectivity index (χ2n) is 6.99. The van der Waals surface area contributed by atoms with Crippen LogP contribution in [0.4, 0.5) is 0 Å². The summed E-state index contributed by atoms with van der Waals surface area (Å²) >= 11 is 0. The number of nitrogens with zero attached hydrogens (tertiary/aromatic N) is 1. The Kier molecular flexibility index (Phi) is 9.91. The Morgan fingerprint density at radius 1 is 0.963 bits per heavy atom. The average molecular weight is 372 g/mol. The van der Waals surface area contributed by atoms with Crippen molar-refractivity contribution >= 4 is 0 Å². The van der Waals surface area contributed by atoms with Crippen LogP contribution in [0.5, 0.6) is 5.75 Å². The van der Waals surface area contributed by atoms with E-state index in [2.05, 4.69) is 36.1 Å².